The van der Waals surface area contributed by atoms with Gasteiger partial charge in [0.15, 0.2) is 5.78 Å². The number of ketones is 1. The van der Waals surface area contributed by atoms with Gasteiger partial charge in [-0.25, -0.2) is 0 Å². The van der Waals surface area contributed by atoms with Gasteiger partial charge >= 0.3 is 0 Å². The van der Waals surface area contributed by atoms with Crippen LogP contribution in [0.5, 0.6) is 0 Å². The summed E-state index contributed by atoms with van der Waals surface area (Å²) >= 11 is 0. The zero-order chi connectivity index (χ0) is 10.4. The number of rotatable bonds is 4. The average Bonchev–Trinajstić information content (AvgIpc) is 2.19. The van der Waals surface area contributed by atoms with Crippen molar-refractivity contribution in [2.45, 2.75) is 11.8 Å². The molecule has 0 bridgehead atoms. The summed E-state index contributed by atoms with van der Waals surface area (Å²) in [5.41, 5.74) is 0. The van der Waals surface area contributed by atoms with E-state index in [-0.39, 0.29) is 11.5 Å². The molecule has 0 aromatic heterocycles. The maximum Gasteiger partial charge on any atom is 0.168 e. The number of hydrogen-bond acceptors (Lipinski definition) is 2. The molecule has 0 amide bonds. The van der Waals surface area contributed by atoms with Gasteiger partial charge in [0.1, 0.15) is 0 Å². The summed E-state index contributed by atoms with van der Waals surface area (Å²) in [5, 5.41) is 0. The van der Waals surface area contributed by atoms with Crippen LogP contribution in [0.4, 0.5) is 0 Å². The molecule has 0 saturated carbocycles. The third-order valence-electron chi connectivity index (χ3n) is 1.63. The molecule has 2 nitrogen and oxygen atoms in total. The summed E-state index contributed by atoms with van der Waals surface area (Å²) in [6.07, 6.45) is 3.10. The second kappa shape index (κ2) is 5.50. The molecule has 0 N–H and O–H groups in total. The third kappa shape index (κ3) is 3.26. The Bertz CT molecular complexity index is 355. The highest BCUT2D eigenvalue weighted by Crippen LogP contribution is 2.05. The van der Waals surface area contributed by atoms with Gasteiger partial charge in [0.25, 0.3) is 0 Å². The molecule has 1 atom stereocenters. The van der Waals surface area contributed by atoms with Gasteiger partial charge in [-0.2, -0.15) is 0 Å². The molecule has 74 valence electrons. The lowest BCUT2D eigenvalue weighted by atomic mass is 10.4. The van der Waals surface area contributed by atoms with Crippen molar-refractivity contribution < 1.29 is 9.00 Å². The molecule has 0 saturated heterocycles. The van der Waals surface area contributed by atoms with E-state index in [0.29, 0.717) is 4.90 Å². The number of benzene rings is 1. The van der Waals surface area contributed by atoms with E-state index in [1.54, 1.807) is 25.1 Å². The molecular weight excluding hydrogens is 197 g/mol. The van der Waals surface area contributed by atoms with E-state index in [1.807, 2.05) is 18.2 Å². The van der Waals surface area contributed by atoms with E-state index >= 15 is 0 Å². The lowest BCUT2D eigenvalue weighted by molar-refractivity contribution is -0.112. The van der Waals surface area contributed by atoms with Crippen molar-refractivity contribution in [3.05, 3.63) is 42.5 Å². The zero-order valence-electron chi connectivity index (χ0n) is 7.97. The van der Waals surface area contributed by atoms with Crippen LogP contribution in [-0.2, 0) is 15.6 Å². The van der Waals surface area contributed by atoms with Crippen LogP contribution < -0.4 is 0 Å². The quantitative estimate of drug-likeness (QED) is 0.561. The minimum Gasteiger partial charge on any atom is -0.294 e. The standard InChI is InChI=1S/C11H12O2S/c1-2-6-10(12)9-14(13)11-7-4-3-5-8-11/h2-8H,9H2,1H3/i9+1. The predicted octanol–water partition coefficient (Wildman–Crippen LogP) is 1.94. The Labute approximate surface area is 86.1 Å². The second-order valence-electron chi connectivity index (χ2n) is 2.77. The van der Waals surface area contributed by atoms with Gasteiger partial charge in [-0.05, 0) is 25.1 Å². The number of allylic oxidation sites excluding steroid dienone is 2. The Morgan fingerprint density at radius 1 is 1.36 bits per heavy atom. The number of hydrogen-bond donors (Lipinski definition) is 0. The first-order chi connectivity index (χ1) is 6.74. The van der Waals surface area contributed by atoms with Crippen molar-refractivity contribution in [1.29, 1.82) is 0 Å². The maximum atomic E-state index is 11.6. The van der Waals surface area contributed by atoms with Crippen LogP contribution in [-0.4, -0.2) is 15.7 Å². The van der Waals surface area contributed by atoms with E-state index in [1.165, 1.54) is 6.08 Å². The molecule has 14 heavy (non-hydrogen) atoms. The second-order valence-corrected chi connectivity index (χ2v) is 4.22. The van der Waals surface area contributed by atoms with Gasteiger partial charge in [0.2, 0.25) is 0 Å². The van der Waals surface area contributed by atoms with Crippen LogP contribution in [0.25, 0.3) is 0 Å². The van der Waals surface area contributed by atoms with Gasteiger partial charge < -0.3 is 0 Å². The Morgan fingerprint density at radius 2 is 2.00 bits per heavy atom. The molecule has 1 aromatic rings. The van der Waals surface area contributed by atoms with Crippen molar-refractivity contribution in [2.75, 3.05) is 5.75 Å². The van der Waals surface area contributed by atoms with Crippen molar-refractivity contribution in [2.24, 2.45) is 0 Å². The zero-order valence-corrected chi connectivity index (χ0v) is 8.79. The van der Waals surface area contributed by atoms with Crippen molar-refractivity contribution in [3.8, 4) is 0 Å². The molecule has 0 aliphatic rings. The summed E-state index contributed by atoms with van der Waals surface area (Å²) in [5.74, 6) is -0.0383. The lowest BCUT2D eigenvalue weighted by Crippen LogP contribution is -2.07. The predicted molar refractivity (Wildman–Crippen MR) is 57.5 cm³/mol. The fourth-order valence-corrected chi connectivity index (χ4v) is 2.00. The van der Waals surface area contributed by atoms with Crippen LogP contribution in [0, 0.1) is 0 Å². The van der Waals surface area contributed by atoms with Crippen molar-refractivity contribution in [1.82, 2.24) is 0 Å². The molecule has 0 aliphatic heterocycles. The summed E-state index contributed by atoms with van der Waals surface area (Å²) in [4.78, 5) is 11.8. The van der Waals surface area contributed by atoms with E-state index in [9.17, 15) is 9.00 Å². The molecule has 3 heteroatoms. The monoisotopic (exact) mass is 209 g/mol. The van der Waals surface area contributed by atoms with Crippen molar-refractivity contribution >= 4 is 16.6 Å². The summed E-state index contributed by atoms with van der Waals surface area (Å²) < 4.78 is 11.6. The maximum absolute atomic E-state index is 11.6. The van der Waals surface area contributed by atoms with Crippen molar-refractivity contribution in [3.63, 3.8) is 0 Å². The van der Waals surface area contributed by atoms with Crippen LogP contribution in [0.3, 0.4) is 0 Å². The van der Waals surface area contributed by atoms with Crippen LogP contribution >= 0.6 is 0 Å². The van der Waals surface area contributed by atoms with Gasteiger partial charge in [-0.15, -0.1) is 0 Å². The highest BCUT2D eigenvalue weighted by molar-refractivity contribution is 7.85. The number of carbonyl (C=O) groups excluding carboxylic acids is 1. The summed E-state index contributed by atoms with van der Waals surface area (Å²) in [6.45, 7) is 1.77. The fourth-order valence-electron chi connectivity index (χ4n) is 1.02. The van der Waals surface area contributed by atoms with Gasteiger partial charge in [-0.3, -0.25) is 9.00 Å². The average molecular weight is 209 g/mol. The van der Waals surface area contributed by atoms with Gasteiger partial charge in [-0.1, -0.05) is 24.3 Å². The molecular formula is C11H12O2S. The first-order valence-corrected chi connectivity index (χ1v) is 5.65. The SMILES string of the molecule is CC=CC(=O)[13CH2]S(=O)c1ccccc1. The Hall–Kier alpha value is -1.22. The molecule has 0 spiro atoms. The van der Waals surface area contributed by atoms with Crippen LogP contribution in [0.1, 0.15) is 6.92 Å². The van der Waals surface area contributed by atoms with Gasteiger partial charge in [0.05, 0.1) is 16.6 Å². The Kier molecular flexibility index (Phi) is 4.26. The Balaban J connectivity index is 2.64. The van der Waals surface area contributed by atoms with Crippen LogP contribution in [0.2, 0.25) is 0 Å². The first kappa shape index (κ1) is 10.9. The smallest absolute Gasteiger partial charge is 0.168 e. The topological polar surface area (TPSA) is 34.1 Å². The fraction of sp³-hybridized carbons (Fsp3) is 0.182. The van der Waals surface area contributed by atoms with Crippen LogP contribution in [0.15, 0.2) is 47.4 Å². The lowest BCUT2D eigenvalue weighted by Gasteiger charge is -1.98. The largest absolute Gasteiger partial charge is 0.294 e. The van der Waals surface area contributed by atoms with Gasteiger partial charge in [0, 0.05) is 4.90 Å². The molecule has 0 heterocycles. The van der Waals surface area contributed by atoms with E-state index in [0.717, 1.165) is 0 Å². The molecule has 0 fully saturated rings. The normalized spacial score (nSPS) is 12.9. The van der Waals surface area contributed by atoms with E-state index < -0.39 is 10.8 Å². The Morgan fingerprint density at radius 3 is 2.57 bits per heavy atom. The number of carbonyl (C=O) groups is 1. The highest BCUT2D eigenvalue weighted by Gasteiger charge is 2.06. The van der Waals surface area contributed by atoms with E-state index in [4.69, 9.17) is 0 Å². The molecule has 0 aliphatic carbocycles. The van der Waals surface area contributed by atoms with E-state index in [2.05, 4.69) is 0 Å². The molecule has 1 aromatic carbocycles. The third-order valence-corrected chi connectivity index (χ3v) is 2.98. The minimum atomic E-state index is -1.22. The molecule has 1 rings (SSSR count). The highest BCUT2D eigenvalue weighted by atomic mass is 32.2. The summed E-state index contributed by atoms with van der Waals surface area (Å²) in [6, 6.07) is 9.01. The first-order valence-electron chi connectivity index (χ1n) is 4.33. The molecule has 0 radical (unpaired) electrons. The summed E-state index contributed by atoms with van der Waals surface area (Å²) in [7, 11) is -1.22. The molecule has 1 unspecified atom stereocenters. The minimum absolute atomic E-state index is 0.0638.